The molecule has 0 atom stereocenters. The first-order chi connectivity index (χ1) is 7.14. The lowest BCUT2D eigenvalue weighted by Gasteiger charge is -2.20. The Labute approximate surface area is 92.7 Å². The Bertz CT molecular complexity index is 257. The molecule has 0 aliphatic heterocycles. The van der Waals surface area contributed by atoms with Crippen LogP contribution in [0, 0.1) is 0 Å². The second kappa shape index (κ2) is 6.45. The highest BCUT2D eigenvalue weighted by Gasteiger charge is 2.17. The highest BCUT2D eigenvalue weighted by molar-refractivity contribution is 7.89. The Kier molecular flexibility index (Phi) is 5.56. The first kappa shape index (κ1) is 12.9. The largest absolute Gasteiger partial charge is 0.329 e. The van der Waals surface area contributed by atoms with E-state index in [1.165, 1.54) is 19.3 Å². The summed E-state index contributed by atoms with van der Waals surface area (Å²) in [5.41, 5.74) is 5.26. The van der Waals surface area contributed by atoms with Crippen LogP contribution in [-0.4, -0.2) is 26.8 Å². The summed E-state index contributed by atoms with van der Waals surface area (Å²) in [5.74, 6) is 0.0451. The molecule has 0 bridgehead atoms. The van der Waals surface area contributed by atoms with E-state index in [-0.39, 0.29) is 18.3 Å². The summed E-state index contributed by atoms with van der Waals surface area (Å²) in [5, 5.41) is 0. The average Bonchev–Trinajstić information content (AvgIpc) is 2.09. The highest BCUT2D eigenvalue weighted by Crippen LogP contribution is 2.17. The third kappa shape index (κ3) is 5.49. The molecule has 0 unspecified atom stereocenters. The predicted octanol–water partition coefficient (Wildman–Crippen LogP) is 0.977. The minimum atomic E-state index is -3.13. The topological polar surface area (TPSA) is 72.2 Å². The van der Waals surface area contributed by atoms with Crippen molar-refractivity contribution in [2.45, 2.75) is 51.0 Å². The molecule has 1 fully saturated rings. The number of sulfonamides is 1. The summed E-state index contributed by atoms with van der Waals surface area (Å²) in [6, 6.07) is 0.141. The summed E-state index contributed by atoms with van der Waals surface area (Å²) in [4.78, 5) is 0. The summed E-state index contributed by atoms with van der Waals surface area (Å²) >= 11 is 0. The van der Waals surface area contributed by atoms with Crippen LogP contribution in [0.5, 0.6) is 0 Å². The maximum atomic E-state index is 11.5. The van der Waals surface area contributed by atoms with E-state index in [9.17, 15) is 8.42 Å². The number of rotatable bonds is 4. The second-order valence-electron chi connectivity index (χ2n) is 4.27. The molecule has 15 heavy (non-hydrogen) atoms. The van der Waals surface area contributed by atoms with Gasteiger partial charge in [-0.1, -0.05) is 32.1 Å². The van der Waals surface area contributed by atoms with Gasteiger partial charge in [-0.25, -0.2) is 13.1 Å². The van der Waals surface area contributed by atoms with E-state index in [0.29, 0.717) is 0 Å². The van der Waals surface area contributed by atoms with Crippen molar-refractivity contribution < 1.29 is 8.42 Å². The lowest BCUT2D eigenvalue weighted by atomic mass is 9.97. The lowest BCUT2D eigenvalue weighted by Crippen LogP contribution is -2.38. The molecule has 4 nitrogen and oxygen atoms in total. The van der Waals surface area contributed by atoms with E-state index in [4.69, 9.17) is 5.73 Å². The van der Waals surface area contributed by atoms with Gasteiger partial charge in [0, 0.05) is 12.6 Å². The molecule has 0 amide bonds. The Hall–Kier alpha value is -0.130. The number of nitrogens with one attached hydrogen (secondary N) is 1. The zero-order chi connectivity index (χ0) is 11.1. The highest BCUT2D eigenvalue weighted by atomic mass is 32.2. The second-order valence-corrected chi connectivity index (χ2v) is 6.14. The van der Waals surface area contributed by atoms with Crippen LogP contribution in [0.3, 0.4) is 0 Å². The molecule has 5 heteroatoms. The Morgan fingerprint density at radius 1 is 1.07 bits per heavy atom. The number of hydrogen-bond donors (Lipinski definition) is 2. The number of nitrogens with two attached hydrogens (primary N) is 1. The lowest BCUT2D eigenvalue weighted by molar-refractivity contribution is 0.426. The molecule has 90 valence electrons. The van der Waals surface area contributed by atoms with Crippen LogP contribution in [0.25, 0.3) is 0 Å². The summed E-state index contributed by atoms with van der Waals surface area (Å²) in [7, 11) is -3.13. The van der Waals surface area contributed by atoms with Crippen molar-refractivity contribution in [2.75, 3.05) is 12.3 Å². The first-order valence-corrected chi connectivity index (χ1v) is 7.49. The molecule has 0 radical (unpaired) electrons. The molecular formula is C10H22N2O2S. The smallest absolute Gasteiger partial charge is 0.213 e. The van der Waals surface area contributed by atoms with Crippen molar-refractivity contribution in [1.82, 2.24) is 4.72 Å². The normalized spacial score (nSPS) is 20.9. The molecule has 0 spiro atoms. The fourth-order valence-corrected chi connectivity index (χ4v) is 3.21. The van der Waals surface area contributed by atoms with Crippen LogP contribution >= 0.6 is 0 Å². The first-order valence-electron chi connectivity index (χ1n) is 5.84. The molecular weight excluding hydrogens is 212 g/mol. The van der Waals surface area contributed by atoms with E-state index < -0.39 is 10.0 Å². The fourth-order valence-electron chi connectivity index (χ4n) is 2.04. The van der Waals surface area contributed by atoms with Crippen LogP contribution in [-0.2, 0) is 10.0 Å². The maximum absolute atomic E-state index is 11.5. The molecule has 0 aromatic heterocycles. The van der Waals surface area contributed by atoms with Gasteiger partial charge in [0.2, 0.25) is 10.0 Å². The summed E-state index contributed by atoms with van der Waals surface area (Å²) in [6.07, 6.45) is 7.98. The molecule has 1 rings (SSSR count). The van der Waals surface area contributed by atoms with Crippen molar-refractivity contribution in [1.29, 1.82) is 0 Å². The van der Waals surface area contributed by atoms with Crippen molar-refractivity contribution in [3.8, 4) is 0 Å². The molecule has 0 aromatic rings. The molecule has 0 heterocycles. The van der Waals surface area contributed by atoms with Crippen molar-refractivity contribution in [3.05, 3.63) is 0 Å². The monoisotopic (exact) mass is 234 g/mol. The predicted molar refractivity (Wildman–Crippen MR) is 62.1 cm³/mol. The van der Waals surface area contributed by atoms with Gasteiger partial charge in [0.1, 0.15) is 0 Å². The zero-order valence-electron chi connectivity index (χ0n) is 9.24. The van der Waals surface area contributed by atoms with Gasteiger partial charge in [0.25, 0.3) is 0 Å². The molecule has 1 aliphatic rings. The van der Waals surface area contributed by atoms with Crippen LogP contribution in [0.2, 0.25) is 0 Å². The maximum Gasteiger partial charge on any atom is 0.213 e. The Balaban J connectivity index is 2.40. The molecule has 1 aliphatic carbocycles. The fraction of sp³-hybridized carbons (Fsp3) is 1.00. The minimum absolute atomic E-state index is 0.0451. The van der Waals surface area contributed by atoms with E-state index in [0.717, 1.165) is 25.7 Å². The van der Waals surface area contributed by atoms with Gasteiger partial charge in [-0.3, -0.25) is 0 Å². The van der Waals surface area contributed by atoms with Gasteiger partial charge in [-0.05, 0) is 12.8 Å². The van der Waals surface area contributed by atoms with E-state index in [1.54, 1.807) is 0 Å². The molecule has 1 saturated carbocycles. The summed E-state index contributed by atoms with van der Waals surface area (Å²) < 4.78 is 25.8. The van der Waals surface area contributed by atoms with Gasteiger partial charge in [-0.2, -0.15) is 0 Å². The Morgan fingerprint density at radius 2 is 1.60 bits per heavy atom. The molecule has 0 saturated heterocycles. The van der Waals surface area contributed by atoms with Crippen molar-refractivity contribution in [3.63, 3.8) is 0 Å². The van der Waals surface area contributed by atoms with E-state index >= 15 is 0 Å². The Morgan fingerprint density at radius 3 is 2.13 bits per heavy atom. The summed E-state index contributed by atoms with van der Waals surface area (Å²) in [6.45, 7) is 0.196. The van der Waals surface area contributed by atoms with E-state index in [1.807, 2.05) is 0 Å². The van der Waals surface area contributed by atoms with Gasteiger partial charge >= 0.3 is 0 Å². The van der Waals surface area contributed by atoms with Gasteiger partial charge in [-0.15, -0.1) is 0 Å². The SMILES string of the molecule is NCCS(=O)(=O)NC1CCCCCCC1. The van der Waals surface area contributed by atoms with Crippen molar-refractivity contribution in [2.24, 2.45) is 5.73 Å². The average molecular weight is 234 g/mol. The minimum Gasteiger partial charge on any atom is -0.329 e. The standard InChI is InChI=1S/C10H22N2O2S/c11-8-9-15(13,14)12-10-6-4-2-1-3-5-7-10/h10,12H,1-9,11H2. The van der Waals surface area contributed by atoms with Crippen LogP contribution in [0.15, 0.2) is 0 Å². The van der Waals surface area contributed by atoms with Crippen LogP contribution < -0.4 is 10.5 Å². The third-order valence-electron chi connectivity index (χ3n) is 2.84. The van der Waals surface area contributed by atoms with Gasteiger partial charge in [0.15, 0.2) is 0 Å². The molecule has 0 aromatic carbocycles. The third-order valence-corrected chi connectivity index (χ3v) is 4.30. The quantitative estimate of drug-likeness (QED) is 0.761. The van der Waals surface area contributed by atoms with Gasteiger partial charge < -0.3 is 5.73 Å². The van der Waals surface area contributed by atoms with E-state index in [2.05, 4.69) is 4.72 Å². The molecule has 3 N–H and O–H groups in total. The number of hydrogen-bond acceptors (Lipinski definition) is 3. The van der Waals surface area contributed by atoms with Gasteiger partial charge in [0.05, 0.1) is 5.75 Å². The van der Waals surface area contributed by atoms with Crippen molar-refractivity contribution >= 4 is 10.0 Å². The van der Waals surface area contributed by atoms with Crippen LogP contribution in [0.4, 0.5) is 0 Å². The van der Waals surface area contributed by atoms with Crippen LogP contribution in [0.1, 0.15) is 44.9 Å². The zero-order valence-corrected chi connectivity index (χ0v) is 10.1.